The predicted octanol–water partition coefficient (Wildman–Crippen LogP) is 2.84. The number of hydrogen-bond donors (Lipinski definition) is 1. The van der Waals surface area contributed by atoms with Crippen LogP contribution in [0.15, 0.2) is 30.5 Å². The largest absolute Gasteiger partial charge is 0.497 e. The van der Waals surface area contributed by atoms with Crippen molar-refractivity contribution in [3.05, 3.63) is 35.7 Å². The van der Waals surface area contributed by atoms with Gasteiger partial charge in [0.1, 0.15) is 17.1 Å². The molecular formula is C11H13ClN2O. The standard InChI is InChI=1S/C11H13ClN2O/c12-10-5-3-6-11(14-10)13-8-9-4-1-2-7-15-9/h2-3,5-7,9H,1,4,8H2,(H,13,14). The first-order valence-electron chi connectivity index (χ1n) is 5.01. The minimum absolute atomic E-state index is 0.232. The lowest BCUT2D eigenvalue weighted by atomic mass is 10.1. The summed E-state index contributed by atoms with van der Waals surface area (Å²) in [6, 6.07) is 5.52. The summed E-state index contributed by atoms with van der Waals surface area (Å²) in [6.45, 7) is 0.762. The summed E-state index contributed by atoms with van der Waals surface area (Å²) in [5.41, 5.74) is 0. The molecule has 0 saturated heterocycles. The molecule has 15 heavy (non-hydrogen) atoms. The topological polar surface area (TPSA) is 34.1 Å². The van der Waals surface area contributed by atoms with Crippen LogP contribution in [0.1, 0.15) is 12.8 Å². The van der Waals surface area contributed by atoms with E-state index in [0.29, 0.717) is 5.15 Å². The average molecular weight is 225 g/mol. The number of hydrogen-bond acceptors (Lipinski definition) is 3. The van der Waals surface area contributed by atoms with Crippen molar-refractivity contribution in [3.63, 3.8) is 0 Å². The molecule has 2 heterocycles. The number of nitrogens with one attached hydrogen (secondary N) is 1. The highest BCUT2D eigenvalue weighted by atomic mass is 35.5. The molecule has 0 spiro atoms. The second-order valence-corrected chi connectivity index (χ2v) is 3.82. The maximum atomic E-state index is 5.77. The molecule has 1 atom stereocenters. The molecule has 0 aliphatic carbocycles. The van der Waals surface area contributed by atoms with E-state index in [-0.39, 0.29) is 6.10 Å². The Hall–Kier alpha value is -1.22. The first-order chi connectivity index (χ1) is 7.34. The summed E-state index contributed by atoms with van der Waals surface area (Å²) in [5.74, 6) is 0.792. The van der Waals surface area contributed by atoms with E-state index < -0.39 is 0 Å². The molecule has 0 bridgehead atoms. The molecule has 1 aliphatic rings. The minimum atomic E-state index is 0.232. The van der Waals surface area contributed by atoms with Crippen molar-refractivity contribution >= 4 is 17.4 Å². The molecule has 1 aliphatic heterocycles. The second kappa shape index (κ2) is 5.03. The smallest absolute Gasteiger partial charge is 0.131 e. The Labute approximate surface area is 94.1 Å². The number of nitrogens with zero attached hydrogens (tertiary/aromatic N) is 1. The zero-order chi connectivity index (χ0) is 10.5. The van der Waals surface area contributed by atoms with E-state index in [2.05, 4.69) is 10.3 Å². The summed E-state index contributed by atoms with van der Waals surface area (Å²) in [5, 5.41) is 3.70. The lowest BCUT2D eigenvalue weighted by Crippen LogP contribution is -2.23. The van der Waals surface area contributed by atoms with Gasteiger partial charge in [0.25, 0.3) is 0 Å². The number of allylic oxidation sites excluding steroid dienone is 1. The zero-order valence-corrected chi connectivity index (χ0v) is 9.07. The fraction of sp³-hybridized carbons (Fsp3) is 0.364. The van der Waals surface area contributed by atoms with Crippen molar-refractivity contribution in [2.24, 2.45) is 0 Å². The molecule has 0 fully saturated rings. The Bertz CT molecular complexity index is 354. The van der Waals surface area contributed by atoms with Gasteiger partial charge in [-0.25, -0.2) is 4.98 Å². The maximum Gasteiger partial charge on any atom is 0.131 e. The van der Waals surface area contributed by atoms with Gasteiger partial charge in [-0.1, -0.05) is 17.7 Å². The highest BCUT2D eigenvalue weighted by Crippen LogP contribution is 2.13. The van der Waals surface area contributed by atoms with Crippen LogP contribution in [-0.2, 0) is 4.74 Å². The normalized spacial score (nSPS) is 19.7. The molecule has 0 aromatic carbocycles. The molecule has 0 radical (unpaired) electrons. The third-order valence-electron chi connectivity index (χ3n) is 2.25. The molecule has 1 N–H and O–H groups in total. The lowest BCUT2D eigenvalue weighted by Gasteiger charge is -2.19. The third kappa shape index (κ3) is 3.13. The SMILES string of the molecule is Clc1cccc(NCC2CCC=CO2)n1. The number of anilines is 1. The molecule has 80 valence electrons. The molecule has 1 aromatic rings. The van der Waals surface area contributed by atoms with E-state index in [1.807, 2.05) is 18.2 Å². The molecule has 0 amide bonds. The molecule has 4 heteroatoms. The van der Waals surface area contributed by atoms with Crippen LogP contribution in [0.4, 0.5) is 5.82 Å². The van der Waals surface area contributed by atoms with Crippen LogP contribution in [0.3, 0.4) is 0 Å². The van der Waals surface area contributed by atoms with Crippen LogP contribution in [0.5, 0.6) is 0 Å². The van der Waals surface area contributed by atoms with Crippen molar-refractivity contribution in [1.82, 2.24) is 4.98 Å². The van der Waals surface area contributed by atoms with E-state index in [0.717, 1.165) is 25.2 Å². The van der Waals surface area contributed by atoms with Crippen LogP contribution in [0.25, 0.3) is 0 Å². The lowest BCUT2D eigenvalue weighted by molar-refractivity contribution is 0.135. The van der Waals surface area contributed by atoms with Gasteiger partial charge in [-0.15, -0.1) is 0 Å². The summed E-state index contributed by atoms with van der Waals surface area (Å²) in [7, 11) is 0. The minimum Gasteiger partial charge on any atom is -0.497 e. The molecule has 0 saturated carbocycles. The van der Waals surface area contributed by atoms with Gasteiger partial charge in [0, 0.05) is 0 Å². The van der Waals surface area contributed by atoms with Crippen molar-refractivity contribution in [1.29, 1.82) is 0 Å². The van der Waals surface area contributed by atoms with Crippen LogP contribution in [0.2, 0.25) is 5.15 Å². The van der Waals surface area contributed by atoms with Crippen molar-refractivity contribution in [2.75, 3.05) is 11.9 Å². The Morgan fingerprint density at radius 1 is 1.53 bits per heavy atom. The highest BCUT2D eigenvalue weighted by Gasteiger charge is 2.10. The van der Waals surface area contributed by atoms with E-state index in [4.69, 9.17) is 16.3 Å². The van der Waals surface area contributed by atoms with Crippen molar-refractivity contribution in [2.45, 2.75) is 18.9 Å². The molecule has 3 nitrogen and oxygen atoms in total. The van der Waals surface area contributed by atoms with Crippen molar-refractivity contribution < 1.29 is 4.74 Å². The number of aromatic nitrogens is 1. The van der Waals surface area contributed by atoms with Gasteiger partial charge in [-0.05, 0) is 31.1 Å². The van der Waals surface area contributed by atoms with Crippen LogP contribution < -0.4 is 5.32 Å². The number of ether oxygens (including phenoxy) is 1. The molecule has 2 rings (SSSR count). The first-order valence-corrected chi connectivity index (χ1v) is 5.39. The Morgan fingerprint density at radius 3 is 3.20 bits per heavy atom. The highest BCUT2D eigenvalue weighted by molar-refractivity contribution is 6.29. The van der Waals surface area contributed by atoms with Gasteiger partial charge in [0.2, 0.25) is 0 Å². The quantitative estimate of drug-likeness (QED) is 0.802. The Balaban J connectivity index is 1.84. The third-order valence-corrected chi connectivity index (χ3v) is 2.46. The monoisotopic (exact) mass is 224 g/mol. The van der Waals surface area contributed by atoms with E-state index in [1.54, 1.807) is 12.3 Å². The summed E-state index contributed by atoms with van der Waals surface area (Å²) in [6.07, 6.45) is 6.16. The van der Waals surface area contributed by atoms with Gasteiger partial charge < -0.3 is 10.1 Å². The maximum absolute atomic E-state index is 5.77. The summed E-state index contributed by atoms with van der Waals surface area (Å²) >= 11 is 5.77. The molecule has 1 aromatic heterocycles. The van der Waals surface area contributed by atoms with Gasteiger partial charge in [0.05, 0.1) is 12.8 Å². The van der Waals surface area contributed by atoms with Crippen LogP contribution in [0, 0.1) is 0 Å². The fourth-order valence-corrected chi connectivity index (χ4v) is 1.62. The summed E-state index contributed by atoms with van der Waals surface area (Å²) in [4.78, 5) is 4.14. The zero-order valence-electron chi connectivity index (χ0n) is 8.32. The van der Waals surface area contributed by atoms with Gasteiger partial charge >= 0.3 is 0 Å². The van der Waals surface area contributed by atoms with E-state index >= 15 is 0 Å². The summed E-state index contributed by atoms with van der Waals surface area (Å²) < 4.78 is 5.43. The molecular weight excluding hydrogens is 212 g/mol. The number of rotatable bonds is 3. The first kappa shape index (κ1) is 10.3. The van der Waals surface area contributed by atoms with Gasteiger partial charge in [0.15, 0.2) is 0 Å². The molecule has 1 unspecified atom stereocenters. The van der Waals surface area contributed by atoms with Crippen LogP contribution in [-0.4, -0.2) is 17.6 Å². The van der Waals surface area contributed by atoms with Gasteiger partial charge in [-0.3, -0.25) is 0 Å². The number of halogens is 1. The predicted molar refractivity (Wildman–Crippen MR) is 61.0 cm³/mol. The van der Waals surface area contributed by atoms with Crippen molar-refractivity contribution in [3.8, 4) is 0 Å². The Morgan fingerprint density at radius 2 is 2.47 bits per heavy atom. The van der Waals surface area contributed by atoms with Gasteiger partial charge in [-0.2, -0.15) is 0 Å². The average Bonchev–Trinajstić information content (AvgIpc) is 2.28. The fourth-order valence-electron chi connectivity index (χ4n) is 1.46. The van der Waals surface area contributed by atoms with E-state index in [1.165, 1.54) is 0 Å². The van der Waals surface area contributed by atoms with Crippen LogP contribution >= 0.6 is 11.6 Å². The Kier molecular flexibility index (Phi) is 3.45. The van der Waals surface area contributed by atoms with E-state index in [9.17, 15) is 0 Å². The number of pyridine rings is 1. The second-order valence-electron chi connectivity index (χ2n) is 3.43.